The number of carboxylic acid groups (broad SMARTS) is 1. The van der Waals surface area contributed by atoms with Gasteiger partial charge in [0.15, 0.2) is 0 Å². The fraction of sp³-hybridized carbons (Fsp3) is 0.429. The van der Waals surface area contributed by atoms with Crippen molar-refractivity contribution in [2.24, 2.45) is 0 Å². The van der Waals surface area contributed by atoms with E-state index in [1.165, 1.54) is 12.1 Å². The van der Waals surface area contributed by atoms with Crippen molar-refractivity contribution in [2.45, 2.75) is 32.1 Å². The summed E-state index contributed by atoms with van der Waals surface area (Å²) in [6, 6.07) is 4.30. The van der Waals surface area contributed by atoms with E-state index in [0.717, 1.165) is 19.3 Å². The molecule has 20 heavy (non-hydrogen) atoms. The minimum Gasteiger partial charge on any atom is -0.481 e. The largest absolute Gasteiger partial charge is 0.481 e. The van der Waals surface area contributed by atoms with E-state index in [1.54, 1.807) is 6.07 Å². The Bertz CT molecular complexity index is 479. The highest BCUT2D eigenvalue weighted by molar-refractivity contribution is 9.10. The molecule has 0 spiro atoms. The average molecular weight is 346 g/mol. The Labute approximate surface area is 125 Å². The first-order valence-corrected chi connectivity index (χ1v) is 7.25. The van der Waals surface area contributed by atoms with Crippen LogP contribution in [0.5, 0.6) is 0 Å². The molecule has 0 atom stereocenters. The van der Waals surface area contributed by atoms with Gasteiger partial charge >= 0.3 is 5.97 Å². The maximum atomic E-state index is 13.5. The highest BCUT2D eigenvalue weighted by Gasteiger charge is 2.10. The summed E-state index contributed by atoms with van der Waals surface area (Å²) in [7, 11) is 0. The average Bonchev–Trinajstić information content (AvgIpc) is 2.37. The molecule has 110 valence electrons. The van der Waals surface area contributed by atoms with Crippen molar-refractivity contribution in [3.05, 3.63) is 34.1 Å². The number of nitrogens with one attached hydrogen (secondary N) is 1. The Balaban J connectivity index is 2.22. The molecule has 4 nitrogen and oxygen atoms in total. The van der Waals surface area contributed by atoms with Crippen LogP contribution >= 0.6 is 15.9 Å². The van der Waals surface area contributed by atoms with Crippen LogP contribution in [0.4, 0.5) is 4.39 Å². The Hall–Kier alpha value is -1.43. The van der Waals surface area contributed by atoms with Crippen molar-refractivity contribution in [3.63, 3.8) is 0 Å². The molecule has 0 bridgehead atoms. The molecular formula is C14H17BrFNO3. The third-order valence-electron chi connectivity index (χ3n) is 2.78. The molecule has 0 saturated heterocycles. The Morgan fingerprint density at radius 2 is 1.90 bits per heavy atom. The van der Waals surface area contributed by atoms with Gasteiger partial charge in [0.05, 0.1) is 5.56 Å². The van der Waals surface area contributed by atoms with Gasteiger partial charge in [-0.2, -0.15) is 0 Å². The van der Waals surface area contributed by atoms with E-state index in [1.807, 2.05) is 0 Å². The van der Waals surface area contributed by atoms with Gasteiger partial charge in [0.25, 0.3) is 5.91 Å². The molecular weight excluding hydrogens is 329 g/mol. The summed E-state index contributed by atoms with van der Waals surface area (Å²) in [5.41, 5.74) is 0.0269. The number of carbonyl (C=O) groups is 2. The van der Waals surface area contributed by atoms with Gasteiger partial charge in [-0.25, -0.2) is 4.39 Å². The number of carbonyl (C=O) groups excluding carboxylic acids is 1. The van der Waals surface area contributed by atoms with Gasteiger partial charge in [-0.05, 0) is 31.0 Å². The summed E-state index contributed by atoms with van der Waals surface area (Å²) in [5.74, 6) is -1.78. The second-order valence-electron chi connectivity index (χ2n) is 4.44. The smallest absolute Gasteiger partial charge is 0.303 e. The highest BCUT2D eigenvalue weighted by atomic mass is 79.9. The minimum absolute atomic E-state index is 0.0269. The molecule has 0 aromatic heterocycles. The molecule has 1 aromatic carbocycles. The molecule has 0 saturated carbocycles. The molecule has 0 aliphatic rings. The lowest BCUT2D eigenvalue weighted by atomic mass is 10.1. The Morgan fingerprint density at radius 3 is 2.55 bits per heavy atom. The summed E-state index contributed by atoms with van der Waals surface area (Å²) in [6.45, 7) is 0.460. The standard InChI is InChI=1S/C14H17BrFNO3/c15-10-6-7-11(12(16)9-10)14(20)17-8-4-2-1-3-5-13(18)19/h6-7,9H,1-5,8H2,(H,17,20)(H,18,19). The maximum Gasteiger partial charge on any atom is 0.303 e. The minimum atomic E-state index is -0.788. The van der Waals surface area contributed by atoms with Crippen molar-refractivity contribution in [1.29, 1.82) is 0 Å². The van der Waals surface area contributed by atoms with Crippen molar-refractivity contribution in [3.8, 4) is 0 Å². The lowest BCUT2D eigenvalue weighted by Crippen LogP contribution is -2.25. The van der Waals surface area contributed by atoms with E-state index in [9.17, 15) is 14.0 Å². The van der Waals surface area contributed by atoms with Gasteiger partial charge in [-0.1, -0.05) is 28.8 Å². The van der Waals surface area contributed by atoms with Crippen LogP contribution in [0, 0.1) is 5.82 Å². The first-order valence-electron chi connectivity index (χ1n) is 6.45. The van der Waals surface area contributed by atoms with Crippen molar-refractivity contribution in [2.75, 3.05) is 6.54 Å². The SMILES string of the molecule is O=C(O)CCCCCCNC(=O)c1ccc(Br)cc1F. The summed E-state index contributed by atoms with van der Waals surface area (Å²) in [6.07, 6.45) is 3.23. The molecule has 0 aliphatic heterocycles. The Kier molecular flexibility index (Phi) is 7.22. The van der Waals surface area contributed by atoms with Gasteiger partial charge in [0, 0.05) is 17.4 Å². The number of aliphatic carboxylic acids is 1. The van der Waals surface area contributed by atoms with Gasteiger partial charge in [-0.3, -0.25) is 9.59 Å². The number of hydrogen-bond donors (Lipinski definition) is 2. The lowest BCUT2D eigenvalue weighted by molar-refractivity contribution is -0.137. The third kappa shape index (κ3) is 6.14. The van der Waals surface area contributed by atoms with Crippen molar-refractivity contribution < 1.29 is 19.1 Å². The molecule has 0 aliphatic carbocycles. The first-order chi connectivity index (χ1) is 9.50. The number of hydrogen-bond acceptors (Lipinski definition) is 2. The predicted molar refractivity (Wildman–Crippen MR) is 77.2 cm³/mol. The van der Waals surface area contributed by atoms with Crippen molar-refractivity contribution in [1.82, 2.24) is 5.32 Å². The topological polar surface area (TPSA) is 66.4 Å². The fourth-order valence-corrected chi connectivity index (χ4v) is 2.06. The molecule has 1 rings (SSSR count). The van der Waals surface area contributed by atoms with Gasteiger partial charge in [0.2, 0.25) is 0 Å². The van der Waals surface area contributed by atoms with Crippen LogP contribution < -0.4 is 5.32 Å². The van der Waals surface area contributed by atoms with Crippen LogP contribution in [0.25, 0.3) is 0 Å². The number of amides is 1. The molecule has 0 fully saturated rings. The van der Waals surface area contributed by atoms with Gasteiger partial charge in [0.1, 0.15) is 5.82 Å². The third-order valence-corrected chi connectivity index (χ3v) is 3.27. The lowest BCUT2D eigenvalue weighted by Gasteiger charge is -2.06. The second-order valence-corrected chi connectivity index (χ2v) is 5.35. The first kappa shape index (κ1) is 16.6. The second kappa shape index (κ2) is 8.68. The molecule has 1 amide bonds. The van der Waals surface area contributed by atoms with E-state index in [0.29, 0.717) is 17.4 Å². The van der Waals surface area contributed by atoms with Crippen LogP contribution in [0.3, 0.4) is 0 Å². The molecule has 0 unspecified atom stereocenters. The van der Waals surface area contributed by atoms with Gasteiger partial charge in [-0.15, -0.1) is 0 Å². The zero-order valence-corrected chi connectivity index (χ0v) is 12.6. The van der Waals surface area contributed by atoms with E-state index in [-0.39, 0.29) is 12.0 Å². The summed E-state index contributed by atoms with van der Waals surface area (Å²) < 4.78 is 14.1. The maximum absolute atomic E-state index is 13.5. The summed E-state index contributed by atoms with van der Waals surface area (Å²) in [4.78, 5) is 22.0. The predicted octanol–water partition coefficient (Wildman–Crippen LogP) is 3.35. The zero-order valence-electron chi connectivity index (χ0n) is 11.0. The fourth-order valence-electron chi connectivity index (χ4n) is 1.73. The van der Waals surface area contributed by atoms with Crippen molar-refractivity contribution >= 4 is 27.8 Å². The van der Waals surface area contributed by atoms with Gasteiger partial charge < -0.3 is 10.4 Å². The zero-order chi connectivity index (χ0) is 15.0. The van der Waals surface area contributed by atoms with E-state index in [4.69, 9.17) is 5.11 Å². The number of rotatable bonds is 8. The molecule has 2 N–H and O–H groups in total. The summed E-state index contributed by atoms with van der Waals surface area (Å²) in [5, 5.41) is 11.1. The van der Waals surface area contributed by atoms with Crippen LogP contribution in [0.2, 0.25) is 0 Å². The van der Waals surface area contributed by atoms with E-state index in [2.05, 4.69) is 21.2 Å². The molecule has 1 aromatic rings. The normalized spacial score (nSPS) is 10.3. The molecule has 0 heterocycles. The molecule has 6 heteroatoms. The number of benzene rings is 1. The number of carboxylic acids is 1. The van der Waals surface area contributed by atoms with Crippen LogP contribution in [-0.2, 0) is 4.79 Å². The quantitative estimate of drug-likeness (QED) is 0.710. The van der Waals surface area contributed by atoms with Crippen LogP contribution in [0.1, 0.15) is 42.5 Å². The molecule has 0 radical (unpaired) electrons. The monoisotopic (exact) mass is 345 g/mol. The number of unbranched alkanes of at least 4 members (excludes halogenated alkanes) is 3. The highest BCUT2D eigenvalue weighted by Crippen LogP contribution is 2.15. The Morgan fingerprint density at radius 1 is 1.20 bits per heavy atom. The van der Waals surface area contributed by atoms with Crippen LogP contribution in [-0.4, -0.2) is 23.5 Å². The van der Waals surface area contributed by atoms with Crippen LogP contribution in [0.15, 0.2) is 22.7 Å². The number of halogens is 2. The van der Waals surface area contributed by atoms with E-state index >= 15 is 0 Å². The summed E-state index contributed by atoms with van der Waals surface area (Å²) >= 11 is 3.13. The van der Waals surface area contributed by atoms with E-state index < -0.39 is 17.7 Å².